The maximum atomic E-state index is 12.3. The zero-order valence-corrected chi connectivity index (χ0v) is 47.5. The molecule has 0 radical (unpaired) electrons. The maximum Gasteiger partial charge on any atom is 0.270 e. The Morgan fingerprint density at radius 1 is 0.423 bits per heavy atom. The van der Waals surface area contributed by atoms with Crippen LogP contribution in [-0.2, 0) is 18.3 Å². The second-order valence-corrected chi connectivity index (χ2v) is 22.1. The summed E-state index contributed by atoms with van der Waals surface area (Å²) >= 11 is 0. The van der Waals surface area contributed by atoms with Crippen LogP contribution in [0.1, 0.15) is 212 Å². The van der Waals surface area contributed by atoms with Crippen molar-refractivity contribution < 1.29 is 43.7 Å². The second kappa shape index (κ2) is 38.6. The average Bonchev–Trinajstić information content (AvgIpc) is 3.29. The molecule has 1 saturated heterocycles. The Hall–Kier alpha value is -2.95. The van der Waals surface area contributed by atoms with Crippen LogP contribution in [0.5, 0.6) is 0 Å². The Bertz CT molecular complexity index is 1930. The SMILES string of the molecule is CC(C)=CCC/C(C)=C/CC/C(C)=C/CC/C(C)=C\CC/C(C)=C\CC/C(C)=C\CC/C(C)=C\CC/C(C)=C\CC/C(C)=C\CC/C(C)=C\CC/C(C)=C\COP(=O)([O-])O[C@@H]1O[C@H](CO)[C@@H](O)[C@H](O)[C@H]1O. The van der Waals surface area contributed by atoms with Crippen molar-refractivity contribution >= 4 is 7.82 Å². The van der Waals surface area contributed by atoms with E-state index in [1.165, 1.54) is 68.6 Å². The van der Waals surface area contributed by atoms with Crippen molar-refractivity contribution in [1.29, 1.82) is 0 Å². The Kier molecular flexibility index (Phi) is 35.9. The van der Waals surface area contributed by atoms with E-state index in [1.54, 1.807) is 6.08 Å². The van der Waals surface area contributed by atoms with Gasteiger partial charge in [-0.3, -0.25) is 9.09 Å². The van der Waals surface area contributed by atoms with Gasteiger partial charge in [-0.15, -0.1) is 0 Å². The Morgan fingerprint density at radius 2 is 0.676 bits per heavy atom. The van der Waals surface area contributed by atoms with Crippen molar-refractivity contribution in [3.63, 3.8) is 0 Å². The van der Waals surface area contributed by atoms with Gasteiger partial charge in [0.25, 0.3) is 7.82 Å². The molecule has 10 heteroatoms. The minimum atomic E-state index is -4.92. The Balaban J connectivity index is 2.26. The van der Waals surface area contributed by atoms with Gasteiger partial charge in [0.05, 0.1) is 13.2 Å². The molecule has 0 aromatic heterocycles. The lowest BCUT2D eigenvalue weighted by atomic mass is 10.00. The monoisotopic (exact) mass is 1010 g/mol. The van der Waals surface area contributed by atoms with Gasteiger partial charge in [0.2, 0.25) is 0 Å². The molecular formula is C61H100O9P-. The summed E-state index contributed by atoms with van der Waals surface area (Å²) < 4.78 is 27.0. The minimum absolute atomic E-state index is 0.269. The molecule has 404 valence electrons. The van der Waals surface area contributed by atoms with E-state index in [0.29, 0.717) is 0 Å². The van der Waals surface area contributed by atoms with E-state index in [9.17, 15) is 29.9 Å². The van der Waals surface area contributed by atoms with E-state index in [4.69, 9.17) is 13.8 Å². The first-order valence-corrected chi connectivity index (χ1v) is 28.2. The van der Waals surface area contributed by atoms with E-state index < -0.39 is 45.1 Å². The molecule has 1 fully saturated rings. The third kappa shape index (κ3) is 34.2. The number of ether oxygens (including phenoxy) is 1. The highest BCUT2D eigenvalue weighted by atomic mass is 31.2. The molecule has 9 nitrogen and oxygen atoms in total. The molecule has 0 spiro atoms. The first kappa shape index (κ1) is 66.1. The number of hydrogen-bond donors (Lipinski definition) is 4. The summed E-state index contributed by atoms with van der Waals surface area (Å²) in [7, 11) is -4.92. The molecule has 1 aliphatic rings. The van der Waals surface area contributed by atoms with Gasteiger partial charge in [0.15, 0.2) is 6.29 Å². The number of aliphatic hydroxyl groups is 4. The molecule has 1 aliphatic heterocycles. The van der Waals surface area contributed by atoms with Crippen LogP contribution in [0.3, 0.4) is 0 Å². The fraction of sp³-hybridized carbons (Fsp3) is 0.639. The molecule has 1 unspecified atom stereocenters. The van der Waals surface area contributed by atoms with Crippen molar-refractivity contribution in [3.05, 3.63) is 128 Å². The lowest BCUT2D eigenvalue weighted by molar-refractivity contribution is -0.304. The van der Waals surface area contributed by atoms with E-state index in [1.807, 2.05) is 6.92 Å². The average molecular weight is 1010 g/mol. The molecule has 1 heterocycles. The molecule has 1 rings (SSSR count). The zero-order chi connectivity index (χ0) is 53.2. The molecule has 0 aromatic rings. The van der Waals surface area contributed by atoms with Crippen molar-refractivity contribution in [2.75, 3.05) is 13.2 Å². The number of phosphoric ester groups is 1. The van der Waals surface area contributed by atoms with E-state index in [2.05, 4.69) is 137 Å². The minimum Gasteiger partial charge on any atom is -0.756 e. The third-order valence-electron chi connectivity index (χ3n) is 13.1. The van der Waals surface area contributed by atoms with E-state index >= 15 is 0 Å². The van der Waals surface area contributed by atoms with Gasteiger partial charge in [0, 0.05) is 0 Å². The lowest BCUT2D eigenvalue weighted by Gasteiger charge is -2.41. The van der Waals surface area contributed by atoms with Gasteiger partial charge < -0.3 is 34.6 Å². The molecular weight excluding hydrogens is 908 g/mol. The highest BCUT2D eigenvalue weighted by molar-refractivity contribution is 7.45. The van der Waals surface area contributed by atoms with Crippen LogP contribution in [0.15, 0.2) is 128 Å². The quantitative estimate of drug-likeness (QED) is 0.0355. The summed E-state index contributed by atoms with van der Waals surface area (Å²) in [5, 5.41) is 39.0. The molecule has 6 atom stereocenters. The number of allylic oxidation sites excluding steroid dienone is 21. The summed E-state index contributed by atoms with van der Waals surface area (Å²) in [4.78, 5) is 12.3. The standard InChI is InChI=1S/C61H101O9P/c1-46(2)23-13-24-47(3)25-14-26-48(4)27-15-28-49(5)29-16-30-50(6)31-17-32-51(7)33-18-34-52(8)35-19-36-53(9)37-20-38-54(10)39-21-40-55(11)41-22-42-56(12)43-44-68-71(66,67)70-61-60(65)59(64)58(63)57(45-62)69-61/h23,25,27,29,31,33,35,37,39,41,43,57-65H,13-22,24,26,28,30,32,34,36,38,40,42,44-45H2,1-12H3,(H,66,67)/p-1/b47-25+,48-27+,49-29-,50-31-,51-33-,52-35-,53-37-,54-39-,55-41-,56-43-/t57-,58-,59+,60-,61+/m1/s1. The third-order valence-corrected chi connectivity index (χ3v) is 14.1. The van der Waals surface area contributed by atoms with Crippen LogP contribution in [0.4, 0.5) is 0 Å². The summed E-state index contributed by atoms with van der Waals surface area (Å²) in [6.07, 6.45) is 38.8. The lowest BCUT2D eigenvalue weighted by Crippen LogP contribution is -2.59. The molecule has 0 bridgehead atoms. The molecule has 0 aliphatic carbocycles. The van der Waals surface area contributed by atoms with Crippen molar-refractivity contribution in [3.8, 4) is 0 Å². The van der Waals surface area contributed by atoms with Crippen molar-refractivity contribution in [2.24, 2.45) is 0 Å². The van der Waals surface area contributed by atoms with Gasteiger partial charge in [0.1, 0.15) is 24.4 Å². The summed E-state index contributed by atoms with van der Waals surface area (Å²) in [5.74, 6) is 0. The number of aliphatic hydroxyl groups excluding tert-OH is 4. The molecule has 4 N–H and O–H groups in total. The highest BCUT2D eigenvalue weighted by Crippen LogP contribution is 2.42. The van der Waals surface area contributed by atoms with Crippen LogP contribution in [-0.4, -0.2) is 64.3 Å². The normalized spacial score (nSPS) is 21.8. The molecule has 0 saturated carbocycles. The smallest absolute Gasteiger partial charge is 0.270 e. The van der Waals surface area contributed by atoms with E-state index in [-0.39, 0.29) is 6.61 Å². The van der Waals surface area contributed by atoms with Crippen LogP contribution in [0.25, 0.3) is 0 Å². The molecule has 71 heavy (non-hydrogen) atoms. The fourth-order valence-electron chi connectivity index (χ4n) is 8.11. The first-order chi connectivity index (χ1) is 33.6. The predicted octanol–water partition coefficient (Wildman–Crippen LogP) is 15.5. The molecule has 0 aromatic carbocycles. The maximum absolute atomic E-state index is 12.3. The number of phosphoric acid groups is 1. The Morgan fingerprint density at radius 3 is 0.930 bits per heavy atom. The van der Waals surface area contributed by atoms with Gasteiger partial charge in [-0.2, -0.15) is 0 Å². The van der Waals surface area contributed by atoms with Crippen LogP contribution in [0.2, 0.25) is 0 Å². The molecule has 0 amide bonds. The number of hydrogen-bond acceptors (Lipinski definition) is 9. The zero-order valence-electron chi connectivity index (χ0n) is 46.6. The van der Waals surface area contributed by atoms with Gasteiger partial charge >= 0.3 is 0 Å². The van der Waals surface area contributed by atoms with Gasteiger partial charge in [-0.05, 0) is 212 Å². The number of rotatable bonds is 36. The van der Waals surface area contributed by atoms with Gasteiger partial charge in [-0.25, -0.2) is 0 Å². The van der Waals surface area contributed by atoms with E-state index in [0.717, 1.165) is 121 Å². The van der Waals surface area contributed by atoms with Crippen molar-refractivity contribution in [2.45, 2.75) is 242 Å². The largest absolute Gasteiger partial charge is 0.756 e. The topological polar surface area (TPSA) is 149 Å². The Labute approximate surface area is 433 Å². The summed E-state index contributed by atoms with van der Waals surface area (Å²) in [5.41, 5.74) is 15.6. The fourth-order valence-corrected chi connectivity index (χ4v) is 8.86. The second-order valence-electron chi connectivity index (χ2n) is 20.7. The van der Waals surface area contributed by atoms with Gasteiger partial charge in [-0.1, -0.05) is 128 Å². The summed E-state index contributed by atoms with van der Waals surface area (Å²) in [6.45, 7) is 25.6. The van der Waals surface area contributed by atoms with Crippen LogP contribution < -0.4 is 4.89 Å². The van der Waals surface area contributed by atoms with Crippen molar-refractivity contribution in [1.82, 2.24) is 0 Å². The predicted molar refractivity (Wildman–Crippen MR) is 298 cm³/mol. The highest BCUT2D eigenvalue weighted by Gasteiger charge is 2.45. The van der Waals surface area contributed by atoms with Crippen LogP contribution >= 0.6 is 7.82 Å². The summed E-state index contributed by atoms with van der Waals surface area (Å²) in [6, 6.07) is 0. The van der Waals surface area contributed by atoms with Crippen LogP contribution in [0, 0.1) is 0 Å². The first-order valence-electron chi connectivity index (χ1n) is 26.8.